The van der Waals surface area contributed by atoms with Crippen molar-refractivity contribution in [3.63, 3.8) is 0 Å². The second-order valence-corrected chi connectivity index (χ2v) is 4.87. The van der Waals surface area contributed by atoms with E-state index in [0.29, 0.717) is 5.01 Å². The fourth-order valence-electron chi connectivity index (χ4n) is 1.16. The lowest BCUT2D eigenvalue weighted by Gasteiger charge is -1.87. The van der Waals surface area contributed by atoms with Crippen LogP contribution in [0.4, 0.5) is 0 Å². The lowest BCUT2D eigenvalue weighted by atomic mass is 10.3. The molecule has 4 heteroatoms. The Balaban J connectivity index is 2.33. The van der Waals surface area contributed by atoms with Gasteiger partial charge in [-0.3, -0.25) is 4.79 Å². The van der Waals surface area contributed by atoms with Crippen molar-refractivity contribution in [1.82, 2.24) is 4.98 Å². The number of thiophene rings is 1. The second kappa shape index (κ2) is 4.02. The van der Waals surface area contributed by atoms with Crippen LogP contribution >= 0.6 is 22.7 Å². The van der Waals surface area contributed by atoms with Gasteiger partial charge in [-0.25, -0.2) is 4.98 Å². The van der Waals surface area contributed by atoms with Crippen LogP contribution in [0.5, 0.6) is 0 Å². The largest absolute Gasteiger partial charge is 0.295 e. The Kier molecular flexibility index (Phi) is 2.74. The van der Waals surface area contributed by atoms with Gasteiger partial charge in [0.2, 0.25) is 0 Å². The van der Waals surface area contributed by atoms with Crippen molar-refractivity contribution in [2.75, 3.05) is 0 Å². The number of aldehydes is 1. The molecule has 0 atom stereocenters. The molecule has 0 spiro atoms. The van der Waals surface area contributed by atoms with E-state index in [0.717, 1.165) is 23.3 Å². The molecule has 2 aromatic rings. The molecule has 2 rings (SSSR count). The van der Waals surface area contributed by atoms with Crippen LogP contribution in [0.3, 0.4) is 0 Å². The summed E-state index contributed by atoms with van der Waals surface area (Å²) < 4.78 is 0. The van der Waals surface area contributed by atoms with Crippen LogP contribution in [-0.4, -0.2) is 11.3 Å². The van der Waals surface area contributed by atoms with Gasteiger partial charge >= 0.3 is 0 Å². The Morgan fingerprint density at radius 3 is 2.93 bits per heavy atom. The molecule has 0 aliphatic carbocycles. The SMILES string of the molecule is CCc1ccc(-c2csc(C=O)n2)s1. The maximum Gasteiger partial charge on any atom is 0.178 e. The first-order valence-electron chi connectivity index (χ1n) is 4.33. The van der Waals surface area contributed by atoms with Crippen molar-refractivity contribution in [1.29, 1.82) is 0 Å². The van der Waals surface area contributed by atoms with Crippen molar-refractivity contribution in [3.8, 4) is 10.6 Å². The zero-order valence-electron chi connectivity index (χ0n) is 7.69. The van der Waals surface area contributed by atoms with E-state index in [2.05, 4.69) is 24.0 Å². The maximum atomic E-state index is 10.5. The molecule has 0 aromatic carbocycles. The first-order chi connectivity index (χ1) is 6.83. The van der Waals surface area contributed by atoms with Crippen molar-refractivity contribution >= 4 is 29.0 Å². The lowest BCUT2D eigenvalue weighted by molar-refractivity contribution is 0.112. The van der Waals surface area contributed by atoms with Gasteiger partial charge in [0.1, 0.15) is 0 Å². The monoisotopic (exact) mass is 223 g/mol. The van der Waals surface area contributed by atoms with E-state index in [1.807, 2.05) is 5.38 Å². The minimum Gasteiger partial charge on any atom is -0.295 e. The second-order valence-electron chi connectivity index (χ2n) is 2.81. The molecule has 0 bridgehead atoms. The van der Waals surface area contributed by atoms with Crippen LogP contribution in [0.15, 0.2) is 17.5 Å². The van der Waals surface area contributed by atoms with Gasteiger partial charge in [0, 0.05) is 10.3 Å². The lowest BCUT2D eigenvalue weighted by Crippen LogP contribution is -1.76. The predicted octanol–water partition coefficient (Wildman–Crippen LogP) is 3.25. The zero-order chi connectivity index (χ0) is 9.97. The maximum absolute atomic E-state index is 10.5. The molecule has 2 heterocycles. The number of nitrogens with zero attached hydrogens (tertiary/aromatic N) is 1. The third-order valence-corrected chi connectivity index (χ3v) is 3.91. The minimum atomic E-state index is 0.548. The molecule has 0 fully saturated rings. The molecule has 0 radical (unpaired) electrons. The number of rotatable bonds is 3. The summed E-state index contributed by atoms with van der Waals surface area (Å²) in [6.07, 6.45) is 1.85. The summed E-state index contributed by atoms with van der Waals surface area (Å²) >= 11 is 3.13. The topological polar surface area (TPSA) is 30.0 Å². The number of hydrogen-bond donors (Lipinski definition) is 0. The van der Waals surface area contributed by atoms with E-state index < -0.39 is 0 Å². The fourth-order valence-corrected chi connectivity index (χ4v) is 2.76. The van der Waals surface area contributed by atoms with Crippen molar-refractivity contribution in [2.24, 2.45) is 0 Å². The van der Waals surface area contributed by atoms with E-state index >= 15 is 0 Å². The first-order valence-corrected chi connectivity index (χ1v) is 6.03. The molecule has 72 valence electrons. The zero-order valence-corrected chi connectivity index (χ0v) is 9.32. The molecule has 0 saturated carbocycles. The summed E-state index contributed by atoms with van der Waals surface area (Å²) in [5, 5.41) is 2.47. The molecule has 2 nitrogen and oxygen atoms in total. The number of aryl methyl sites for hydroxylation is 1. The Hall–Kier alpha value is -1.00. The fraction of sp³-hybridized carbons (Fsp3) is 0.200. The van der Waals surface area contributed by atoms with E-state index in [9.17, 15) is 4.79 Å². The average Bonchev–Trinajstić information content (AvgIpc) is 2.86. The van der Waals surface area contributed by atoms with Crippen LogP contribution in [0.1, 0.15) is 21.6 Å². The average molecular weight is 223 g/mol. The van der Waals surface area contributed by atoms with Crippen molar-refractivity contribution in [2.45, 2.75) is 13.3 Å². The summed E-state index contributed by atoms with van der Waals surface area (Å²) in [6.45, 7) is 2.13. The highest BCUT2D eigenvalue weighted by atomic mass is 32.1. The summed E-state index contributed by atoms with van der Waals surface area (Å²) in [4.78, 5) is 17.2. The Bertz CT molecular complexity index is 444. The van der Waals surface area contributed by atoms with Gasteiger partial charge in [0.05, 0.1) is 10.6 Å². The number of carbonyl (C=O) groups excluding carboxylic acids is 1. The van der Waals surface area contributed by atoms with E-state index in [4.69, 9.17) is 0 Å². The predicted molar refractivity (Wildman–Crippen MR) is 60.2 cm³/mol. The quantitative estimate of drug-likeness (QED) is 0.748. The van der Waals surface area contributed by atoms with Gasteiger partial charge in [0.25, 0.3) is 0 Å². The Labute approximate surface area is 90.2 Å². The molecule has 0 aliphatic heterocycles. The number of thiazole rings is 1. The summed E-state index contributed by atoms with van der Waals surface area (Å²) in [7, 11) is 0. The molecule has 2 aromatic heterocycles. The van der Waals surface area contributed by atoms with Crippen LogP contribution < -0.4 is 0 Å². The first kappa shape index (κ1) is 9.55. The van der Waals surface area contributed by atoms with Gasteiger partial charge in [0.15, 0.2) is 11.3 Å². The third-order valence-electron chi connectivity index (χ3n) is 1.89. The van der Waals surface area contributed by atoms with Gasteiger partial charge in [-0.15, -0.1) is 22.7 Å². The Morgan fingerprint density at radius 1 is 1.50 bits per heavy atom. The standard InChI is InChI=1S/C10H9NOS2/c1-2-7-3-4-9(14-7)8-6-13-10(5-12)11-8/h3-6H,2H2,1H3. The smallest absolute Gasteiger partial charge is 0.178 e. The normalized spacial score (nSPS) is 10.4. The highest BCUT2D eigenvalue weighted by Gasteiger charge is 2.05. The molecular weight excluding hydrogens is 214 g/mol. The molecule has 0 amide bonds. The summed E-state index contributed by atoms with van der Waals surface area (Å²) in [5.41, 5.74) is 0.918. The van der Waals surface area contributed by atoms with Crippen LogP contribution in [0.2, 0.25) is 0 Å². The van der Waals surface area contributed by atoms with Gasteiger partial charge in [-0.05, 0) is 18.6 Å². The molecule has 0 saturated heterocycles. The van der Waals surface area contributed by atoms with Crippen LogP contribution in [0.25, 0.3) is 10.6 Å². The molecule has 0 aliphatic rings. The molecular formula is C10H9NOS2. The highest BCUT2D eigenvalue weighted by Crippen LogP contribution is 2.28. The summed E-state index contributed by atoms with van der Waals surface area (Å²) in [6, 6.07) is 4.17. The van der Waals surface area contributed by atoms with Gasteiger partial charge < -0.3 is 0 Å². The van der Waals surface area contributed by atoms with E-state index in [1.54, 1.807) is 11.3 Å². The number of aromatic nitrogens is 1. The minimum absolute atomic E-state index is 0.548. The van der Waals surface area contributed by atoms with Crippen molar-refractivity contribution in [3.05, 3.63) is 27.4 Å². The molecule has 0 unspecified atom stereocenters. The van der Waals surface area contributed by atoms with E-state index in [1.165, 1.54) is 16.2 Å². The third kappa shape index (κ3) is 1.76. The number of carbonyl (C=O) groups is 1. The molecule has 0 N–H and O–H groups in total. The van der Waals surface area contributed by atoms with E-state index in [-0.39, 0.29) is 0 Å². The summed E-state index contributed by atoms with van der Waals surface area (Å²) in [5.74, 6) is 0. The number of hydrogen-bond acceptors (Lipinski definition) is 4. The van der Waals surface area contributed by atoms with Gasteiger partial charge in [-0.2, -0.15) is 0 Å². The van der Waals surface area contributed by atoms with Gasteiger partial charge in [-0.1, -0.05) is 6.92 Å². The Morgan fingerprint density at radius 2 is 2.36 bits per heavy atom. The van der Waals surface area contributed by atoms with Crippen LogP contribution in [-0.2, 0) is 6.42 Å². The van der Waals surface area contributed by atoms with Crippen LogP contribution in [0, 0.1) is 0 Å². The highest BCUT2D eigenvalue weighted by molar-refractivity contribution is 7.16. The molecule has 14 heavy (non-hydrogen) atoms. The van der Waals surface area contributed by atoms with Crippen molar-refractivity contribution < 1.29 is 4.79 Å².